The van der Waals surface area contributed by atoms with Crippen LogP contribution in [0.3, 0.4) is 0 Å². The number of rotatable bonds is 5. The Kier molecular flexibility index (Phi) is 5.66. The average molecular weight is 283 g/mol. The van der Waals surface area contributed by atoms with Crippen LogP contribution in [0.5, 0.6) is 0 Å². The fraction of sp³-hybridized carbons (Fsp3) is 0.933. The maximum Gasteiger partial charge on any atom is 0.315 e. The van der Waals surface area contributed by atoms with Crippen molar-refractivity contribution in [3.63, 3.8) is 0 Å². The van der Waals surface area contributed by atoms with E-state index in [9.17, 15) is 4.79 Å². The van der Waals surface area contributed by atoms with Gasteiger partial charge in [-0.3, -0.25) is 0 Å². The zero-order valence-corrected chi connectivity index (χ0v) is 12.8. The molecular formula is C15H29N3O2. The van der Waals surface area contributed by atoms with Crippen LogP contribution in [0.25, 0.3) is 0 Å². The molecule has 2 rings (SSSR count). The molecule has 2 fully saturated rings. The first kappa shape index (κ1) is 15.6. The minimum atomic E-state index is -0.194. The standard InChI is InChI=1S/C15H29N3O2/c1-11(10-19)16-15(20)17-12(2)13-5-4-8-18(9-13)14-6-3-7-14/h11-14,19H,3-10H2,1-2H3,(H2,16,17,20)/t11-,12+,13-/m0/s1. The van der Waals surface area contributed by atoms with E-state index in [0.717, 1.165) is 12.6 Å². The lowest BCUT2D eigenvalue weighted by atomic mass is 9.86. The maximum atomic E-state index is 11.8. The molecule has 0 aromatic rings. The Morgan fingerprint density at radius 1 is 1.25 bits per heavy atom. The maximum absolute atomic E-state index is 11.8. The molecule has 3 N–H and O–H groups in total. The molecule has 1 saturated carbocycles. The summed E-state index contributed by atoms with van der Waals surface area (Å²) >= 11 is 0. The lowest BCUT2D eigenvalue weighted by Crippen LogP contribution is -2.53. The molecule has 20 heavy (non-hydrogen) atoms. The quantitative estimate of drug-likeness (QED) is 0.713. The number of carbonyl (C=O) groups is 1. The fourth-order valence-corrected chi connectivity index (χ4v) is 3.17. The van der Waals surface area contributed by atoms with Gasteiger partial charge in [-0.1, -0.05) is 6.42 Å². The van der Waals surface area contributed by atoms with E-state index < -0.39 is 0 Å². The molecule has 0 bridgehead atoms. The number of likely N-dealkylation sites (tertiary alicyclic amines) is 1. The van der Waals surface area contributed by atoms with Gasteiger partial charge >= 0.3 is 6.03 Å². The van der Waals surface area contributed by atoms with Crippen molar-refractivity contribution in [1.82, 2.24) is 15.5 Å². The van der Waals surface area contributed by atoms with Gasteiger partial charge < -0.3 is 20.6 Å². The molecule has 0 radical (unpaired) electrons. The summed E-state index contributed by atoms with van der Waals surface area (Å²) in [6.45, 7) is 6.20. The normalized spacial score (nSPS) is 27.4. The summed E-state index contributed by atoms with van der Waals surface area (Å²) in [6, 6.07) is 0.622. The van der Waals surface area contributed by atoms with E-state index in [1.807, 2.05) is 0 Å². The van der Waals surface area contributed by atoms with Gasteiger partial charge in [-0.2, -0.15) is 0 Å². The molecule has 5 heteroatoms. The number of aliphatic hydroxyl groups excluding tert-OH is 1. The summed E-state index contributed by atoms with van der Waals surface area (Å²) in [5.74, 6) is 0.541. The van der Waals surface area contributed by atoms with Crippen LogP contribution in [0.1, 0.15) is 46.0 Å². The number of urea groups is 1. The van der Waals surface area contributed by atoms with Crippen molar-refractivity contribution in [3.8, 4) is 0 Å². The topological polar surface area (TPSA) is 64.6 Å². The van der Waals surface area contributed by atoms with E-state index in [2.05, 4.69) is 22.5 Å². The minimum Gasteiger partial charge on any atom is -0.394 e. The van der Waals surface area contributed by atoms with E-state index in [4.69, 9.17) is 5.11 Å². The first-order chi connectivity index (χ1) is 9.60. The number of piperidine rings is 1. The predicted molar refractivity (Wildman–Crippen MR) is 79.6 cm³/mol. The van der Waals surface area contributed by atoms with Gasteiger partial charge in [-0.15, -0.1) is 0 Å². The summed E-state index contributed by atoms with van der Waals surface area (Å²) in [6.07, 6.45) is 6.51. The van der Waals surface area contributed by atoms with Gasteiger partial charge in [0, 0.05) is 18.6 Å². The van der Waals surface area contributed by atoms with Gasteiger partial charge in [0.2, 0.25) is 0 Å². The molecule has 0 spiro atoms. The largest absolute Gasteiger partial charge is 0.394 e. The molecule has 0 aromatic carbocycles. The van der Waals surface area contributed by atoms with Crippen LogP contribution in [-0.2, 0) is 0 Å². The van der Waals surface area contributed by atoms with Gasteiger partial charge in [0.1, 0.15) is 0 Å². The average Bonchev–Trinajstić information content (AvgIpc) is 2.36. The number of aliphatic hydroxyl groups is 1. The van der Waals surface area contributed by atoms with Crippen molar-refractivity contribution in [1.29, 1.82) is 0 Å². The number of hydrogen-bond acceptors (Lipinski definition) is 3. The predicted octanol–water partition coefficient (Wildman–Crippen LogP) is 1.32. The minimum absolute atomic E-state index is 0.0271. The van der Waals surface area contributed by atoms with Crippen molar-refractivity contribution in [2.45, 2.75) is 64.1 Å². The second-order valence-electron chi connectivity index (χ2n) is 6.47. The molecule has 1 aliphatic carbocycles. The van der Waals surface area contributed by atoms with E-state index in [-0.39, 0.29) is 24.7 Å². The van der Waals surface area contributed by atoms with Crippen LogP contribution in [0, 0.1) is 5.92 Å². The first-order valence-corrected chi connectivity index (χ1v) is 8.02. The van der Waals surface area contributed by atoms with E-state index in [0.29, 0.717) is 5.92 Å². The molecule has 3 atom stereocenters. The summed E-state index contributed by atoms with van der Waals surface area (Å²) in [7, 11) is 0. The first-order valence-electron chi connectivity index (χ1n) is 8.02. The third-order valence-corrected chi connectivity index (χ3v) is 4.80. The molecular weight excluding hydrogens is 254 g/mol. The smallest absolute Gasteiger partial charge is 0.315 e. The Morgan fingerprint density at radius 3 is 2.60 bits per heavy atom. The molecule has 0 unspecified atom stereocenters. The number of nitrogens with zero attached hydrogens (tertiary/aromatic N) is 1. The van der Waals surface area contributed by atoms with Crippen LogP contribution in [0.4, 0.5) is 4.79 Å². The van der Waals surface area contributed by atoms with Crippen LogP contribution >= 0.6 is 0 Å². The van der Waals surface area contributed by atoms with Gasteiger partial charge in [0.15, 0.2) is 0 Å². The number of amides is 2. The summed E-state index contributed by atoms with van der Waals surface area (Å²) in [4.78, 5) is 14.4. The van der Waals surface area contributed by atoms with Crippen molar-refractivity contribution < 1.29 is 9.90 Å². The zero-order valence-electron chi connectivity index (χ0n) is 12.8. The van der Waals surface area contributed by atoms with Crippen LogP contribution in [-0.4, -0.2) is 53.9 Å². The van der Waals surface area contributed by atoms with E-state index >= 15 is 0 Å². The van der Waals surface area contributed by atoms with Crippen molar-refractivity contribution in [3.05, 3.63) is 0 Å². The Labute approximate surface area is 122 Å². The fourth-order valence-electron chi connectivity index (χ4n) is 3.17. The SMILES string of the molecule is C[C@@H](CO)NC(=O)N[C@H](C)[C@H]1CCCN(C2CCC2)C1. The van der Waals surface area contributed by atoms with Gasteiger partial charge in [-0.05, 0) is 52.0 Å². The Bertz CT molecular complexity index is 320. The van der Waals surface area contributed by atoms with E-state index in [1.54, 1.807) is 6.92 Å². The lowest BCUT2D eigenvalue weighted by Gasteiger charge is -2.43. The summed E-state index contributed by atoms with van der Waals surface area (Å²) < 4.78 is 0. The highest BCUT2D eigenvalue weighted by atomic mass is 16.3. The summed E-state index contributed by atoms with van der Waals surface area (Å²) in [5.41, 5.74) is 0. The second-order valence-corrected chi connectivity index (χ2v) is 6.47. The Balaban J connectivity index is 1.76. The highest BCUT2D eigenvalue weighted by molar-refractivity contribution is 5.74. The van der Waals surface area contributed by atoms with Gasteiger partial charge in [0.25, 0.3) is 0 Å². The highest BCUT2D eigenvalue weighted by Crippen LogP contribution is 2.30. The zero-order chi connectivity index (χ0) is 14.5. The van der Waals surface area contributed by atoms with Crippen molar-refractivity contribution in [2.24, 2.45) is 5.92 Å². The summed E-state index contributed by atoms with van der Waals surface area (Å²) in [5, 5.41) is 14.7. The number of hydrogen-bond donors (Lipinski definition) is 3. The molecule has 0 aromatic heterocycles. The van der Waals surface area contributed by atoms with E-state index in [1.165, 1.54) is 38.6 Å². The third kappa shape index (κ3) is 4.09. The molecule has 1 saturated heterocycles. The Morgan fingerprint density at radius 2 is 2.00 bits per heavy atom. The molecule has 2 amide bonds. The van der Waals surface area contributed by atoms with Gasteiger partial charge in [-0.25, -0.2) is 4.79 Å². The highest BCUT2D eigenvalue weighted by Gasteiger charge is 2.31. The Hall–Kier alpha value is -0.810. The van der Waals surface area contributed by atoms with Crippen LogP contribution in [0.2, 0.25) is 0 Å². The number of carbonyl (C=O) groups excluding carboxylic acids is 1. The van der Waals surface area contributed by atoms with Crippen LogP contribution in [0.15, 0.2) is 0 Å². The molecule has 1 heterocycles. The number of nitrogens with one attached hydrogen (secondary N) is 2. The monoisotopic (exact) mass is 283 g/mol. The third-order valence-electron chi connectivity index (χ3n) is 4.80. The molecule has 1 aliphatic heterocycles. The van der Waals surface area contributed by atoms with Crippen molar-refractivity contribution >= 4 is 6.03 Å². The molecule has 2 aliphatic rings. The van der Waals surface area contributed by atoms with Crippen molar-refractivity contribution in [2.75, 3.05) is 19.7 Å². The second kappa shape index (κ2) is 7.27. The molecule has 5 nitrogen and oxygen atoms in total. The van der Waals surface area contributed by atoms with Gasteiger partial charge in [0.05, 0.1) is 12.6 Å². The lowest BCUT2D eigenvalue weighted by molar-refractivity contribution is 0.0677. The molecule has 116 valence electrons. The van der Waals surface area contributed by atoms with Crippen LogP contribution < -0.4 is 10.6 Å².